The summed E-state index contributed by atoms with van der Waals surface area (Å²) in [6.07, 6.45) is 0.267. The SMILES string of the molecule is CNC(=O)NC(Cc1ccc(C)cc1)C(=O)O. The van der Waals surface area contributed by atoms with E-state index in [1.165, 1.54) is 7.05 Å². The molecule has 0 fully saturated rings. The summed E-state index contributed by atoms with van der Waals surface area (Å²) < 4.78 is 0. The first-order valence-corrected chi connectivity index (χ1v) is 5.29. The summed E-state index contributed by atoms with van der Waals surface area (Å²) in [6, 6.07) is 6.12. The molecule has 0 aliphatic rings. The van der Waals surface area contributed by atoms with E-state index in [-0.39, 0.29) is 6.42 Å². The van der Waals surface area contributed by atoms with Crippen LogP contribution in [0.5, 0.6) is 0 Å². The second-order valence-electron chi connectivity index (χ2n) is 3.80. The number of nitrogens with one attached hydrogen (secondary N) is 2. The molecule has 0 saturated carbocycles. The van der Waals surface area contributed by atoms with E-state index in [0.717, 1.165) is 11.1 Å². The fraction of sp³-hybridized carbons (Fsp3) is 0.333. The number of urea groups is 1. The minimum absolute atomic E-state index is 0.267. The lowest BCUT2D eigenvalue weighted by Gasteiger charge is -2.14. The topological polar surface area (TPSA) is 78.4 Å². The average Bonchev–Trinajstić information content (AvgIpc) is 2.30. The first kappa shape index (κ1) is 13.0. The number of carboxylic acids is 1. The van der Waals surface area contributed by atoms with E-state index >= 15 is 0 Å². The molecule has 0 radical (unpaired) electrons. The summed E-state index contributed by atoms with van der Waals surface area (Å²) >= 11 is 0. The Balaban J connectivity index is 2.70. The molecule has 0 spiro atoms. The van der Waals surface area contributed by atoms with E-state index < -0.39 is 18.0 Å². The van der Waals surface area contributed by atoms with Gasteiger partial charge in [-0.15, -0.1) is 0 Å². The van der Waals surface area contributed by atoms with E-state index in [1.807, 2.05) is 31.2 Å². The van der Waals surface area contributed by atoms with Crippen LogP contribution in [0, 0.1) is 6.92 Å². The van der Waals surface area contributed by atoms with Gasteiger partial charge in [0.05, 0.1) is 0 Å². The third kappa shape index (κ3) is 4.14. The van der Waals surface area contributed by atoms with Gasteiger partial charge in [0.2, 0.25) is 0 Å². The number of carbonyl (C=O) groups is 2. The highest BCUT2D eigenvalue weighted by Crippen LogP contribution is 2.06. The van der Waals surface area contributed by atoms with Crippen molar-refractivity contribution >= 4 is 12.0 Å². The number of carboxylic acid groups (broad SMARTS) is 1. The minimum atomic E-state index is -1.05. The van der Waals surface area contributed by atoms with Crippen LogP contribution in [0.25, 0.3) is 0 Å². The first-order valence-electron chi connectivity index (χ1n) is 5.29. The van der Waals surface area contributed by atoms with Gasteiger partial charge in [-0.1, -0.05) is 29.8 Å². The van der Waals surface area contributed by atoms with Crippen LogP contribution >= 0.6 is 0 Å². The zero-order chi connectivity index (χ0) is 12.8. The highest BCUT2D eigenvalue weighted by atomic mass is 16.4. The van der Waals surface area contributed by atoms with Gasteiger partial charge in [0.25, 0.3) is 0 Å². The number of amides is 2. The second-order valence-corrected chi connectivity index (χ2v) is 3.80. The maximum absolute atomic E-state index is 11.1. The van der Waals surface area contributed by atoms with E-state index in [0.29, 0.717) is 0 Å². The van der Waals surface area contributed by atoms with E-state index in [9.17, 15) is 9.59 Å². The molecule has 0 aliphatic heterocycles. The van der Waals surface area contributed by atoms with Crippen molar-refractivity contribution in [3.63, 3.8) is 0 Å². The molecule has 1 aromatic rings. The highest BCUT2D eigenvalue weighted by molar-refractivity contribution is 5.82. The summed E-state index contributed by atoms with van der Waals surface area (Å²) in [7, 11) is 1.44. The van der Waals surface area contributed by atoms with Gasteiger partial charge < -0.3 is 15.7 Å². The van der Waals surface area contributed by atoms with Gasteiger partial charge in [-0.3, -0.25) is 0 Å². The van der Waals surface area contributed by atoms with E-state index in [1.54, 1.807) is 0 Å². The van der Waals surface area contributed by atoms with Crippen molar-refractivity contribution in [2.24, 2.45) is 0 Å². The molecule has 17 heavy (non-hydrogen) atoms. The lowest BCUT2D eigenvalue weighted by Crippen LogP contribution is -2.46. The Morgan fingerprint density at radius 1 is 1.29 bits per heavy atom. The average molecular weight is 236 g/mol. The Hall–Kier alpha value is -2.04. The maximum atomic E-state index is 11.1. The van der Waals surface area contributed by atoms with Crippen molar-refractivity contribution in [1.82, 2.24) is 10.6 Å². The number of rotatable bonds is 4. The number of benzene rings is 1. The van der Waals surface area contributed by atoms with Crippen LogP contribution < -0.4 is 10.6 Å². The van der Waals surface area contributed by atoms with Gasteiger partial charge in [0.15, 0.2) is 0 Å². The van der Waals surface area contributed by atoms with Gasteiger partial charge in [-0.05, 0) is 12.5 Å². The summed E-state index contributed by atoms with van der Waals surface area (Å²) in [5.74, 6) is -1.05. The number of hydrogen-bond donors (Lipinski definition) is 3. The van der Waals surface area contributed by atoms with Crippen LogP contribution in [0.1, 0.15) is 11.1 Å². The number of aryl methyl sites for hydroxylation is 1. The molecule has 0 aliphatic carbocycles. The molecule has 0 saturated heterocycles. The number of aliphatic carboxylic acids is 1. The molecule has 0 heterocycles. The van der Waals surface area contributed by atoms with Gasteiger partial charge in [-0.25, -0.2) is 9.59 Å². The lowest BCUT2D eigenvalue weighted by atomic mass is 10.0. The molecule has 0 aromatic heterocycles. The first-order chi connectivity index (χ1) is 8.02. The van der Waals surface area contributed by atoms with Crippen molar-refractivity contribution in [1.29, 1.82) is 0 Å². The molecule has 92 valence electrons. The quantitative estimate of drug-likeness (QED) is 0.727. The van der Waals surface area contributed by atoms with Crippen molar-refractivity contribution in [2.45, 2.75) is 19.4 Å². The number of carbonyl (C=O) groups excluding carboxylic acids is 1. The molecule has 5 nitrogen and oxygen atoms in total. The van der Waals surface area contributed by atoms with Gasteiger partial charge in [-0.2, -0.15) is 0 Å². The van der Waals surface area contributed by atoms with Crippen LogP contribution in [-0.4, -0.2) is 30.2 Å². The number of hydrogen-bond acceptors (Lipinski definition) is 2. The summed E-state index contributed by atoms with van der Waals surface area (Å²) in [6.45, 7) is 1.96. The Labute approximate surface area is 99.8 Å². The molecule has 2 amide bonds. The van der Waals surface area contributed by atoms with Crippen LogP contribution in [-0.2, 0) is 11.2 Å². The van der Waals surface area contributed by atoms with Crippen LogP contribution in [0.3, 0.4) is 0 Å². The minimum Gasteiger partial charge on any atom is -0.480 e. The standard InChI is InChI=1S/C12H16N2O3/c1-8-3-5-9(6-4-8)7-10(11(15)16)14-12(17)13-2/h3-6,10H,7H2,1-2H3,(H,15,16)(H2,13,14,17). The van der Waals surface area contributed by atoms with Gasteiger partial charge in [0, 0.05) is 13.5 Å². The van der Waals surface area contributed by atoms with Crippen molar-refractivity contribution in [3.8, 4) is 0 Å². The van der Waals surface area contributed by atoms with E-state index in [4.69, 9.17) is 5.11 Å². The summed E-state index contributed by atoms with van der Waals surface area (Å²) in [5.41, 5.74) is 1.99. The van der Waals surface area contributed by atoms with Crippen molar-refractivity contribution in [2.75, 3.05) is 7.05 Å². The Kier molecular flexibility index (Phi) is 4.51. The zero-order valence-corrected chi connectivity index (χ0v) is 9.86. The van der Waals surface area contributed by atoms with Gasteiger partial charge in [0.1, 0.15) is 6.04 Å². The smallest absolute Gasteiger partial charge is 0.326 e. The normalized spacial score (nSPS) is 11.6. The van der Waals surface area contributed by atoms with Gasteiger partial charge >= 0.3 is 12.0 Å². The molecule has 5 heteroatoms. The Morgan fingerprint density at radius 3 is 2.35 bits per heavy atom. The summed E-state index contributed by atoms with van der Waals surface area (Å²) in [4.78, 5) is 22.1. The molecule has 1 unspecified atom stereocenters. The summed E-state index contributed by atoms with van der Waals surface area (Å²) in [5, 5.41) is 13.7. The maximum Gasteiger partial charge on any atom is 0.326 e. The molecular formula is C12H16N2O3. The van der Waals surface area contributed by atoms with Crippen LogP contribution in [0.4, 0.5) is 4.79 Å². The molecule has 1 aromatic carbocycles. The zero-order valence-electron chi connectivity index (χ0n) is 9.86. The molecule has 1 atom stereocenters. The molecular weight excluding hydrogens is 220 g/mol. The molecule has 1 rings (SSSR count). The van der Waals surface area contributed by atoms with E-state index in [2.05, 4.69) is 10.6 Å². The largest absolute Gasteiger partial charge is 0.480 e. The fourth-order valence-corrected chi connectivity index (χ4v) is 1.39. The van der Waals surface area contributed by atoms with Crippen LogP contribution in [0.2, 0.25) is 0 Å². The second kappa shape index (κ2) is 5.89. The Bertz CT molecular complexity index is 401. The fourth-order valence-electron chi connectivity index (χ4n) is 1.39. The molecule has 3 N–H and O–H groups in total. The van der Waals surface area contributed by atoms with Crippen LogP contribution in [0.15, 0.2) is 24.3 Å². The third-order valence-electron chi connectivity index (χ3n) is 2.39. The Morgan fingerprint density at radius 2 is 1.88 bits per heavy atom. The monoisotopic (exact) mass is 236 g/mol. The predicted molar refractivity (Wildman–Crippen MR) is 63.9 cm³/mol. The van der Waals surface area contributed by atoms with Crippen molar-refractivity contribution in [3.05, 3.63) is 35.4 Å². The third-order valence-corrected chi connectivity index (χ3v) is 2.39. The van der Waals surface area contributed by atoms with Crippen molar-refractivity contribution < 1.29 is 14.7 Å². The highest BCUT2D eigenvalue weighted by Gasteiger charge is 2.19. The molecule has 0 bridgehead atoms. The lowest BCUT2D eigenvalue weighted by molar-refractivity contribution is -0.139. The predicted octanol–water partition coefficient (Wildman–Crippen LogP) is 0.920.